The van der Waals surface area contributed by atoms with E-state index in [2.05, 4.69) is 0 Å². The zero-order valence-corrected chi connectivity index (χ0v) is 5.11. The van der Waals surface area contributed by atoms with Crippen LogP contribution in [0.5, 0.6) is 0 Å². The first-order valence-electron chi connectivity index (χ1n) is 2.06. The molecule has 0 bridgehead atoms. The van der Waals surface area contributed by atoms with Crippen molar-refractivity contribution in [3.05, 3.63) is 12.2 Å². The van der Waals surface area contributed by atoms with E-state index in [1.807, 2.05) is 0 Å². The number of hydrogen-bond acceptors (Lipinski definition) is 2. The number of hydrogen-bond donors (Lipinski definition) is 0. The van der Waals surface area contributed by atoms with E-state index in [9.17, 15) is 8.42 Å². The summed E-state index contributed by atoms with van der Waals surface area (Å²) in [6.07, 6.45) is 3.35. The lowest BCUT2D eigenvalue weighted by molar-refractivity contribution is 0.603. The third kappa shape index (κ3) is 1.63. The molecule has 3 nitrogen and oxygen atoms in total. The molecule has 8 heavy (non-hydrogen) atoms. The highest BCUT2D eigenvalue weighted by atomic mass is 32.2. The lowest BCUT2D eigenvalue weighted by atomic mass is 10.6. The monoisotopic (exact) mass is 136 g/mol. The van der Waals surface area contributed by atoms with Crippen LogP contribution in [-0.2, 0) is 9.84 Å². The minimum Gasteiger partial charge on any atom is -0.412 e. The van der Waals surface area contributed by atoms with E-state index >= 15 is 0 Å². The summed E-state index contributed by atoms with van der Waals surface area (Å²) >= 11 is 0. The molecule has 4 heteroatoms. The van der Waals surface area contributed by atoms with Crippen molar-refractivity contribution in [2.75, 3.05) is 11.5 Å². The summed E-state index contributed by atoms with van der Waals surface area (Å²) in [5, 5.41) is 0. The second-order valence-corrected chi connectivity index (χ2v) is 3.70. The Morgan fingerprint density at radius 1 is 1.12 bits per heavy atom. The third-order valence-electron chi connectivity index (χ3n) is 0.867. The van der Waals surface area contributed by atoms with E-state index in [1.54, 1.807) is 12.2 Å². The van der Waals surface area contributed by atoms with Gasteiger partial charge in [-0.2, -0.15) is 0 Å². The molecular formula is C4H8O3S. The van der Waals surface area contributed by atoms with Gasteiger partial charge in [0.25, 0.3) is 0 Å². The average Bonchev–Trinajstić information content (AvgIpc) is 1.84. The van der Waals surface area contributed by atoms with Gasteiger partial charge in [0, 0.05) is 0 Å². The van der Waals surface area contributed by atoms with Crippen molar-refractivity contribution in [3.8, 4) is 0 Å². The first kappa shape index (κ1) is 7.65. The Labute approximate surface area is 48.2 Å². The topological polar surface area (TPSA) is 65.6 Å². The van der Waals surface area contributed by atoms with Crippen molar-refractivity contribution in [1.29, 1.82) is 0 Å². The van der Waals surface area contributed by atoms with Crippen molar-refractivity contribution >= 4 is 9.84 Å². The van der Waals surface area contributed by atoms with Crippen molar-refractivity contribution < 1.29 is 13.9 Å². The van der Waals surface area contributed by atoms with Crippen LogP contribution in [0.1, 0.15) is 0 Å². The summed E-state index contributed by atoms with van der Waals surface area (Å²) in [7, 11) is -2.66. The largest absolute Gasteiger partial charge is 0.412 e. The Bertz CT molecular complexity index is 163. The van der Waals surface area contributed by atoms with Gasteiger partial charge in [-0.3, -0.25) is 0 Å². The van der Waals surface area contributed by atoms with Crippen LogP contribution in [-0.4, -0.2) is 25.4 Å². The standard InChI is InChI=1S/C4H6O2S.H2O/c5-7(6)3-1-2-4-7;/h1-2H,3-4H2;1H2. The van der Waals surface area contributed by atoms with Crippen molar-refractivity contribution in [3.63, 3.8) is 0 Å². The minimum absolute atomic E-state index is 0. The Morgan fingerprint density at radius 3 is 1.62 bits per heavy atom. The van der Waals surface area contributed by atoms with Crippen LogP contribution in [0.4, 0.5) is 0 Å². The third-order valence-corrected chi connectivity index (χ3v) is 2.27. The summed E-state index contributed by atoms with van der Waals surface area (Å²) < 4.78 is 20.7. The second-order valence-electron chi connectivity index (χ2n) is 1.55. The molecule has 0 aliphatic carbocycles. The highest BCUT2D eigenvalue weighted by molar-refractivity contribution is 7.91. The van der Waals surface area contributed by atoms with E-state index in [4.69, 9.17) is 0 Å². The Morgan fingerprint density at radius 2 is 1.50 bits per heavy atom. The molecule has 1 heterocycles. The molecule has 48 valence electrons. The second kappa shape index (κ2) is 2.28. The van der Waals surface area contributed by atoms with Gasteiger partial charge < -0.3 is 5.48 Å². The lowest BCUT2D eigenvalue weighted by Gasteiger charge is -1.82. The molecule has 2 N–H and O–H groups in total. The highest BCUT2D eigenvalue weighted by Gasteiger charge is 2.09. The van der Waals surface area contributed by atoms with Gasteiger partial charge >= 0.3 is 0 Å². The molecule has 0 saturated heterocycles. The zero-order valence-electron chi connectivity index (χ0n) is 4.29. The van der Waals surface area contributed by atoms with Crippen LogP contribution in [0.3, 0.4) is 0 Å². The molecule has 1 rings (SSSR count). The van der Waals surface area contributed by atoms with Crippen LogP contribution in [0.2, 0.25) is 0 Å². The van der Waals surface area contributed by atoms with E-state index in [0.717, 1.165) is 0 Å². The molecule has 1 aliphatic rings. The van der Waals surface area contributed by atoms with Crippen LogP contribution >= 0.6 is 0 Å². The molecule has 0 unspecified atom stereocenters. The number of rotatable bonds is 0. The first-order valence-corrected chi connectivity index (χ1v) is 3.88. The van der Waals surface area contributed by atoms with Crippen LogP contribution in [0.25, 0.3) is 0 Å². The van der Waals surface area contributed by atoms with Gasteiger partial charge in [0.2, 0.25) is 0 Å². The Balaban J connectivity index is 0.000000490. The summed E-state index contributed by atoms with van der Waals surface area (Å²) in [5.74, 6) is 0.486. The molecule has 0 radical (unpaired) electrons. The van der Waals surface area contributed by atoms with Gasteiger partial charge in [-0.15, -0.1) is 0 Å². The van der Waals surface area contributed by atoms with Crippen LogP contribution in [0.15, 0.2) is 12.2 Å². The molecule has 0 aromatic rings. The predicted octanol–water partition coefficient (Wildman–Crippen LogP) is -0.854. The summed E-state index contributed by atoms with van der Waals surface area (Å²) in [5.41, 5.74) is 0. The van der Waals surface area contributed by atoms with Gasteiger partial charge in [0.1, 0.15) is 0 Å². The van der Waals surface area contributed by atoms with Gasteiger partial charge in [0.05, 0.1) is 11.5 Å². The fourth-order valence-corrected chi connectivity index (χ4v) is 1.49. The first-order chi connectivity index (χ1) is 3.21. The SMILES string of the molecule is O.O=S1(=O)CC=CC1. The molecule has 0 aromatic heterocycles. The molecule has 1 aliphatic heterocycles. The molecule has 0 atom stereocenters. The van der Waals surface area contributed by atoms with E-state index in [-0.39, 0.29) is 17.0 Å². The van der Waals surface area contributed by atoms with Gasteiger partial charge in [0.15, 0.2) is 9.84 Å². The van der Waals surface area contributed by atoms with E-state index < -0.39 is 9.84 Å². The maximum Gasteiger partial charge on any atom is 0.157 e. The Hall–Kier alpha value is -0.350. The van der Waals surface area contributed by atoms with Crippen molar-refractivity contribution in [2.45, 2.75) is 0 Å². The predicted molar refractivity (Wildman–Crippen MR) is 31.4 cm³/mol. The lowest BCUT2D eigenvalue weighted by Crippen LogP contribution is -1.99. The highest BCUT2D eigenvalue weighted by Crippen LogP contribution is 1.98. The quantitative estimate of drug-likeness (QED) is 0.407. The molecule has 0 saturated carbocycles. The van der Waals surface area contributed by atoms with E-state index in [0.29, 0.717) is 0 Å². The average molecular weight is 136 g/mol. The smallest absolute Gasteiger partial charge is 0.157 e. The number of sulfone groups is 1. The Kier molecular flexibility index (Phi) is 2.18. The summed E-state index contributed by atoms with van der Waals surface area (Å²) in [6, 6.07) is 0. The fraction of sp³-hybridized carbons (Fsp3) is 0.500. The van der Waals surface area contributed by atoms with Gasteiger partial charge in [-0.1, -0.05) is 12.2 Å². The summed E-state index contributed by atoms with van der Waals surface area (Å²) in [6.45, 7) is 0. The molecule has 0 amide bonds. The molecule has 0 fully saturated rings. The van der Waals surface area contributed by atoms with Crippen molar-refractivity contribution in [1.82, 2.24) is 0 Å². The normalized spacial score (nSPS) is 22.5. The summed E-state index contributed by atoms with van der Waals surface area (Å²) in [4.78, 5) is 0. The van der Waals surface area contributed by atoms with Crippen LogP contribution < -0.4 is 0 Å². The maximum atomic E-state index is 10.4. The van der Waals surface area contributed by atoms with Crippen LogP contribution in [0, 0.1) is 0 Å². The maximum absolute atomic E-state index is 10.4. The minimum atomic E-state index is -2.66. The zero-order chi connectivity index (χ0) is 5.33. The van der Waals surface area contributed by atoms with Gasteiger partial charge in [-0.25, -0.2) is 8.42 Å². The van der Waals surface area contributed by atoms with E-state index in [1.165, 1.54) is 0 Å². The molecular weight excluding hydrogens is 128 g/mol. The van der Waals surface area contributed by atoms with Gasteiger partial charge in [-0.05, 0) is 0 Å². The molecule has 0 aromatic carbocycles. The fourth-order valence-electron chi connectivity index (χ4n) is 0.497. The molecule has 0 spiro atoms. The van der Waals surface area contributed by atoms with Crippen molar-refractivity contribution in [2.24, 2.45) is 0 Å².